The maximum atomic E-state index is 14.0. The number of hydrogen-bond acceptors (Lipinski definition) is 8. The highest BCUT2D eigenvalue weighted by Crippen LogP contribution is 2.29. The van der Waals surface area contributed by atoms with Crippen LogP contribution in [0.4, 0.5) is 35.1 Å². The van der Waals surface area contributed by atoms with E-state index in [0.717, 1.165) is 5.69 Å². The first-order valence-corrected chi connectivity index (χ1v) is 16.6. The summed E-state index contributed by atoms with van der Waals surface area (Å²) in [5.74, 6) is -3.63. The van der Waals surface area contributed by atoms with Gasteiger partial charge in [-0.2, -0.15) is 36.5 Å². The van der Waals surface area contributed by atoms with Crippen molar-refractivity contribution < 1.29 is 35.1 Å². The monoisotopic (exact) mass is 864 g/mol. The van der Waals surface area contributed by atoms with Crippen molar-refractivity contribution in [3.63, 3.8) is 0 Å². The van der Waals surface area contributed by atoms with Crippen LogP contribution < -0.4 is 0 Å². The van der Waals surface area contributed by atoms with Gasteiger partial charge in [0.1, 0.15) is 26.7 Å². The fraction of sp³-hybridized carbons (Fsp3) is 0.152. The number of aryl methyl sites for hydroxylation is 1. The molecular formula is C33H21F8IN12. The average Bonchev–Trinajstić information content (AvgIpc) is 3.94. The van der Waals surface area contributed by atoms with Gasteiger partial charge in [0.15, 0.2) is 11.3 Å². The van der Waals surface area contributed by atoms with Gasteiger partial charge in [-0.1, -0.05) is 36.4 Å². The SMILES string of the molecule is Cc1cnc2c(Cc3ccccc3F)nc(-c3n[nH]c(C(F)(F)F)n3)cn12.Fc1ccccc1Cc1nc(-c2n[nH]c(C(F)(F)F)n2)cn2c(I)cnc12. The van der Waals surface area contributed by atoms with E-state index >= 15 is 0 Å². The third-order valence-electron chi connectivity index (χ3n) is 7.86. The van der Waals surface area contributed by atoms with E-state index in [1.807, 2.05) is 32.8 Å². The van der Waals surface area contributed by atoms with E-state index in [1.54, 1.807) is 64.5 Å². The number of nitrogens with zero attached hydrogens (tertiary/aromatic N) is 10. The van der Waals surface area contributed by atoms with E-state index in [-0.39, 0.29) is 35.9 Å². The minimum Gasteiger partial charge on any atom is -0.301 e. The quantitative estimate of drug-likeness (QED) is 0.130. The van der Waals surface area contributed by atoms with Crippen LogP contribution >= 0.6 is 22.6 Å². The van der Waals surface area contributed by atoms with Crippen molar-refractivity contribution in [2.75, 3.05) is 0 Å². The van der Waals surface area contributed by atoms with Crippen LogP contribution in [0.3, 0.4) is 0 Å². The van der Waals surface area contributed by atoms with Gasteiger partial charge in [-0.15, -0.1) is 0 Å². The van der Waals surface area contributed by atoms with Crippen LogP contribution in [-0.4, -0.2) is 59.1 Å². The second kappa shape index (κ2) is 14.2. The molecule has 0 radical (unpaired) electrons. The molecule has 54 heavy (non-hydrogen) atoms. The Labute approximate surface area is 310 Å². The molecule has 0 aliphatic carbocycles. The van der Waals surface area contributed by atoms with Crippen LogP contribution in [0.5, 0.6) is 0 Å². The van der Waals surface area contributed by atoms with E-state index in [2.05, 4.69) is 40.1 Å². The van der Waals surface area contributed by atoms with Crippen molar-refractivity contribution in [1.82, 2.24) is 59.1 Å². The number of benzene rings is 2. The van der Waals surface area contributed by atoms with E-state index in [0.29, 0.717) is 37.5 Å². The number of alkyl halides is 6. The van der Waals surface area contributed by atoms with Gasteiger partial charge in [0.05, 0.1) is 17.6 Å². The summed E-state index contributed by atoms with van der Waals surface area (Å²) in [5, 5.41) is 11.0. The number of halogens is 9. The number of aromatic nitrogens is 12. The van der Waals surface area contributed by atoms with Crippen molar-refractivity contribution >= 4 is 33.9 Å². The van der Waals surface area contributed by atoms with Crippen molar-refractivity contribution in [2.45, 2.75) is 32.1 Å². The number of hydrogen-bond donors (Lipinski definition) is 2. The number of H-pyrrole nitrogens is 2. The molecule has 21 heteroatoms. The lowest BCUT2D eigenvalue weighted by atomic mass is 10.1. The third kappa shape index (κ3) is 7.47. The van der Waals surface area contributed by atoms with Gasteiger partial charge in [-0.25, -0.2) is 38.7 Å². The van der Waals surface area contributed by atoms with E-state index < -0.39 is 35.6 Å². The number of fused-ring (bicyclic) bond motifs is 2. The van der Waals surface area contributed by atoms with Crippen molar-refractivity contribution in [1.29, 1.82) is 0 Å². The molecule has 0 unspecified atom stereocenters. The number of nitrogens with one attached hydrogen (secondary N) is 2. The molecule has 0 aliphatic heterocycles. The number of imidazole rings is 2. The van der Waals surface area contributed by atoms with Crippen molar-refractivity contribution in [2.24, 2.45) is 0 Å². The zero-order valence-electron chi connectivity index (χ0n) is 27.2. The first-order chi connectivity index (χ1) is 25.7. The summed E-state index contributed by atoms with van der Waals surface area (Å²) in [6.45, 7) is 1.79. The Morgan fingerprint density at radius 1 is 0.630 bits per heavy atom. The maximum absolute atomic E-state index is 14.0. The van der Waals surface area contributed by atoms with Crippen LogP contribution in [0.2, 0.25) is 0 Å². The molecule has 8 aromatic rings. The fourth-order valence-electron chi connectivity index (χ4n) is 5.30. The smallest absolute Gasteiger partial charge is 0.301 e. The molecule has 2 aromatic carbocycles. The van der Waals surface area contributed by atoms with Crippen LogP contribution in [0.25, 0.3) is 34.3 Å². The second-order valence-electron chi connectivity index (χ2n) is 11.6. The van der Waals surface area contributed by atoms with Gasteiger partial charge in [0.25, 0.3) is 0 Å². The molecule has 0 spiro atoms. The van der Waals surface area contributed by atoms with Crippen molar-refractivity contribution in [3.8, 4) is 23.0 Å². The lowest BCUT2D eigenvalue weighted by Crippen LogP contribution is -2.07. The Balaban J connectivity index is 0.000000167. The Hall–Kier alpha value is -5.87. The molecule has 276 valence electrons. The second-order valence-corrected chi connectivity index (χ2v) is 12.7. The average molecular weight is 865 g/mol. The molecule has 8 rings (SSSR count). The van der Waals surface area contributed by atoms with Gasteiger partial charge in [0.2, 0.25) is 23.3 Å². The molecule has 0 bridgehead atoms. The van der Waals surface area contributed by atoms with Crippen molar-refractivity contribution in [3.05, 3.63) is 129 Å². The first-order valence-electron chi connectivity index (χ1n) is 15.5. The predicted molar refractivity (Wildman–Crippen MR) is 183 cm³/mol. The van der Waals surface area contributed by atoms with E-state index in [1.165, 1.54) is 24.5 Å². The Kier molecular flexibility index (Phi) is 9.57. The van der Waals surface area contributed by atoms with Gasteiger partial charge < -0.3 is 4.40 Å². The van der Waals surface area contributed by atoms with E-state index in [9.17, 15) is 35.1 Å². The zero-order valence-corrected chi connectivity index (χ0v) is 29.4. The lowest BCUT2D eigenvalue weighted by molar-refractivity contribution is -0.145. The first kappa shape index (κ1) is 36.5. The highest BCUT2D eigenvalue weighted by atomic mass is 127. The molecule has 6 heterocycles. The standard InChI is InChI=1S/C17H12F4N6.C16H9F4IN6/c1-9-7-22-15-12(6-10-4-2-3-5-11(10)18)23-13(8-27(9)15)14-24-16(26-25-14)17(19,20)21;17-9-4-2-1-3-8(9)5-10-14-22-6-12(21)27(14)7-11(23-10)13-24-15(26-25-13)16(18,19)20/h2-5,7-8H,6H2,1H3,(H,24,25,26);1-4,6-7H,5H2,(H,24,25,26). The molecule has 2 N–H and O–H groups in total. The minimum atomic E-state index is -4.64. The molecule has 6 aromatic heterocycles. The number of aromatic amines is 2. The van der Waals surface area contributed by atoms with Crippen LogP contribution in [-0.2, 0) is 25.2 Å². The molecule has 12 nitrogen and oxygen atoms in total. The molecule has 0 aliphatic rings. The Bertz CT molecular complexity index is 2440. The van der Waals surface area contributed by atoms with Crippen LogP contribution in [0.1, 0.15) is 39.9 Å². The third-order valence-corrected chi connectivity index (χ3v) is 8.66. The van der Waals surface area contributed by atoms with Gasteiger partial charge in [-0.05, 0) is 52.8 Å². The minimum absolute atomic E-state index is 0.119. The Morgan fingerprint density at radius 2 is 1.07 bits per heavy atom. The van der Waals surface area contributed by atoms with Gasteiger partial charge in [-0.3, -0.25) is 14.6 Å². The highest BCUT2D eigenvalue weighted by Gasteiger charge is 2.36. The largest absolute Gasteiger partial charge is 0.451 e. The topological polar surface area (TPSA) is 144 Å². The summed E-state index contributed by atoms with van der Waals surface area (Å²) >= 11 is 2.03. The molecule has 0 saturated heterocycles. The zero-order chi connectivity index (χ0) is 38.4. The normalized spacial score (nSPS) is 12.0. The predicted octanol–water partition coefficient (Wildman–Crippen LogP) is 7.44. The maximum Gasteiger partial charge on any atom is 0.451 e. The molecule has 0 amide bonds. The molecule has 0 saturated carbocycles. The molecular weight excluding hydrogens is 843 g/mol. The summed E-state index contributed by atoms with van der Waals surface area (Å²) in [6.07, 6.45) is -2.85. The summed E-state index contributed by atoms with van der Waals surface area (Å²) in [5.41, 5.74) is 3.57. The fourth-order valence-corrected chi connectivity index (χ4v) is 5.80. The summed E-state index contributed by atoms with van der Waals surface area (Å²) < 4.78 is 109. The Morgan fingerprint density at radius 3 is 1.54 bits per heavy atom. The summed E-state index contributed by atoms with van der Waals surface area (Å²) in [6, 6.07) is 12.4. The molecule has 0 fully saturated rings. The summed E-state index contributed by atoms with van der Waals surface area (Å²) in [7, 11) is 0. The lowest BCUT2D eigenvalue weighted by Gasteiger charge is -2.07. The van der Waals surface area contributed by atoms with Gasteiger partial charge >= 0.3 is 12.4 Å². The molecule has 0 atom stereocenters. The van der Waals surface area contributed by atoms with Crippen LogP contribution in [0.15, 0.2) is 73.3 Å². The number of rotatable bonds is 6. The van der Waals surface area contributed by atoms with Crippen LogP contribution in [0, 0.1) is 22.3 Å². The summed E-state index contributed by atoms with van der Waals surface area (Å²) in [4.78, 5) is 24.2. The van der Waals surface area contributed by atoms with Gasteiger partial charge in [0, 0.05) is 37.1 Å². The highest BCUT2D eigenvalue weighted by molar-refractivity contribution is 14.1. The van der Waals surface area contributed by atoms with E-state index in [4.69, 9.17) is 0 Å².